The molecule has 3 heterocycles. The molecule has 0 bridgehead atoms. The molecule has 0 atom stereocenters. The van der Waals surface area contributed by atoms with E-state index < -0.39 is 10.0 Å². The third-order valence-corrected chi connectivity index (χ3v) is 8.08. The van der Waals surface area contributed by atoms with Crippen molar-refractivity contribution in [2.75, 3.05) is 28.0 Å². The zero-order valence-electron chi connectivity index (χ0n) is 21.1. The molecule has 0 spiro atoms. The maximum absolute atomic E-state index is 12.9. The molecule has 1 amide bonds. The van der Waals surface area contributed by atoms with Crippen molar-refractivity contribution >= 4 is 33.3 Å². The van der Waals surface area contributed by atoms with Crippen molar-refractivity contribution in [2.45, 2.75) is 31.6 Å². The minimum atomic E-state index is -3.85. The van der Waals surface area contributed by atoms with Gasteiger partial charge in [0.25, 0.3) is 10.0 Å². The summed E-state index contributed by atoms with van der Waals surface area (Å²) in [6.07, 6.45) is 2.94. The van der Waals surface area contributed by atoms with Crippen molar-refractivity contribution in [3.05, 3.63) is 78.2 Å². The largest absolute Gasteiger partial charge is 0.356 e. The second kappa shape index (κ2) is 10.6. The summed E-state index contributed by atoms with van der Waals surface area (Å²) >= 11 is 0. The Kier molecular flexibility index (Phi) is 7.10. The number of aryl methyl sites for hydroxylation is 1. The van der Waals surface area contributed by atoms with Gasteiger partial charge in [-0.3, -0.25) is 4.79 Å². The maximum atomic E-state index is 12.9. The first-order valence-corrected chi connectivity index (χ1v) is 13.8. The number of carbonyl (C=O) groups excluding carboxylic acids is 1. The summed E-state index contributed by atoms with van der Waals surface area (Å²) in [6, 6.07) is 18.0. The first kappa shape index (κ1) is 25.4. The molecular formula is C27H28N6O4S. The first-order chi connectivity index (χ1) is 18.3. The van der Waals surface area contributed by atoms with Gasteiger partial charge < -0.3 is 14.7 Å². The van der Waals surface area contributed by atoms with Crippen molar-refractivity contribution in [1.82, 2.24) is 15.1 Å². The standard InChI is InChI=1S/C27H28N6O4S/c1-18-19(2)31-37-27(18)32-38(35,36)23-10-8-22(9-11-23)30-26(34)21-12-14-33(15-13-21)25-16-24(28-17-29-25)20-6-4-3-5-7-20/h3-11,16-17,21,32H,12-15H2,1-2H3,(H,30,34). The molecule has 5 rings (SSSR count). The first-order valence-electron chi connectivity index (χ1n) is 12.3. The fourth-order valence-electron chi connectivity index (χ4n) is 4.31. The molecule has 2 aromatic carbocycles. The number of anilines is 3. The Bertz CT molecular complexity index is 1530. The van der Waals surface area contributed by atoms with Crippen LogP contribution in [-0.2, 0) is 14.8 Å². The topological polar surface area (TPSA) is 130 Å². The Labute approximate surface area is 221 Å². The van der Waals surface area contributed by atoms with Crippen molar-refractivity contribution < 1.29 is 17.7 Å². The van der Waals surface area contributed by atoms with Gasteiger partial charge in [0.2, 0.25) is 11.8 Å². The zero-order chi connectivity index (χ0) is 26.7. The number of amides is 1. The van der Waals surface area contributed by atoms with Gasteiger partial charge in [0.05, 0.1) is 16.3 Å². The van der Waals surface area contributed by atoms with Gasteiger partial charge in [-0.05, 0) is 51.0 Å². The number of aromatic nitrogens is 3. The highest BCUT2D eigenvalue weighted by molar-refractivity contribution is 7.92. The maximum Gasteiger partial charge on any atom is 0.264 e. The van der Waals surface area contributed by atoms with E-state index in [1.807, 2.05) is 36.4 Å². The molecule has 196 valence electrons. The van der Waals surface area contributed by atoms with E-state index in [9.17, 15) is 13.2 Å². The van der Waals surface area contributed by atoms with E-state index in [2.05, 4.69) is 30.1 Å². The van der Waals surface area contributed by atoms with Crippen molar-refractivity contribution in [1.29, 1.82) is 0 Å². The molecule has 1 saturated heterocycles. The molecule has 1 fully saturated rings. The molecular weight excluding hydrogens is 504 g/mol. The Morgan fingerprint density at radius 1 is 1.00 bits per heavy atom. The average Bonchev–Trinajstić information content (AvgIpc) is 3.25. The van der Waals surface area contributed by atoms with Crippen molar-refractivity contribution in [3.63, 3.8) is 0 Å². The Balaban J connectivity index is 1.17. The van der Waals surface area contributed by atoms with Gasteiger partial charge in [-0.25, -0.2) is 23.1 Å². The summed E-state index contributed by atoms with van der Waals surface area (Å²) in [7, 11) is -3.85. The Morgan fingerprint density at radius 3 is 2.37 bits per heavy atom. The fourth-order valence-corrected chi connectivity index (χ4v) is 5.36. The van der Waals surface area contributed by atoms with E-state index >= 15 is 0 Å². The number of rotatable bonds is 7. The van der Waals surface area contributed by atoms with Crippen LogP contribution in [0.25, 0.3) is 11.3 Å². The number of nitrogens with zero attached hydrogens (tertiary/aromatic N) is 4. The molecule has 2 N–H and O–H groups in total. The van der Waals surface area contributed by atoms with E-state index in [1.54, 1.807) is 32.3 Å². The van der Waals surface area contributed by atoms with Crippen LogP contribution in [-0.4, -0.2) is 42.5 Å². The number of hydrogen-bond acceptors (Lipinski definition) is 8. The second-order valence-corrected chi connectivity index (χ2v) is 10.9. The highest BCUT2D eigenvalue weighted by Gasteiger charge is 2.26. The molecule has 0 aliphatic carbocycles. The lowest BCUT2D eigenvalue weighted by atomic mass is 9.95. The number of carbonyl (C=O) groups is 1. The van der Waals surface area contributed by atoms with Crippen LogP contribution in [0.1, 0.15) is 24.1 Å². The molecule has 2 aromatic heterocycles. The van der Waals surface area contributed by atoms with Gasteiger partial charge in [-0.15, -0.1) is 0 Å². The van der Waals surface area contributed by atoms with Crippen molar-refractivity contribution in [2.24, 2.45) is 5.92 Å². The third-order valence-electron chi connectivity index (χ3n) is 6.73. The van der Waals surface area contributed by atoms with Crippen molar-refractivity contribution in [3.8, 4) is 11.3 Å². The lowest BCUT2D eigenvalue weighted by Gasteiger charge is -2.32. The summed E-state index contributed by atoms with van der Waals surface area (Å²) in [5, 5.41) is 6.68. The lowest BCUT2D eigenvalue weighted by Crippen LogP contribution is -2.38. The highest BCUT2D eigenvalue weighted by Crippen LogP contribution is 2.27. The molecule has 1 aliphatic heterocycles. The molecule has 11 heteroatoms. The fraction of sp³-hybridized carbons (Fsp3) is 0.259. The van der Waals surface area contributed by atoms with Gasteiger partial charge in [0, 0.05) is 41.9 Å². The van der Waals surface area contributed by atoms with Gasteiger partial charge in [-0.1, -0.05) is 35.5 Å². The molecule has 10 nitrogen and oxygen atoms in total. The van der Waals surface area contributed by atoms with E-state index in [4.69, 9.17) is 4.52 Å². The van der Waals surface area contributed by atoms with E-state index in [1.165, 1.54) is 12.1 Å². The summed E-state index contributed by atoms with van der Waals surface area (Å²) in [5.74, 6) is 0.700. The molecule has 1 aliphatic rings. The second-order valence-electron chi connectivity index (χ2n) is 9.23. The van der Waals surface area contributed by atoms with Gasteiger partial charge in [-0.2, -0.15) is 0 Å². The average molecular weight is 533 g/mol. The zero-order valence-corrected chi connectivity index (χ0v) is 21.9. The van der Waals surface area contributed by atoms with Crippen LogP contribution in [0.3, 0.4) is 0 Å². The SMILES string of the molecule is Cc1noc(NS(=O)(=O)c2ccc(NC(=O)C3CCN(c4cc(-c5ccccc5)ncn4)CC3)cc2)c1C. The van der Waals surface area contributed by atoms with Crippen LogP contribution < -0.4 is 14.9 Å². The lowest BCUT2D eigenvalue weighted by molar-refractivity contribution is -0.120. The van der Waals surface area contributed by atoms with E-state index in [0.717, 1.165) is 17.1 Å². The predicted molar refractivity (Wildman–Crippen MR) is 144 cm³/mol. The van der Waals surface area contributed by atoms with Crippen LogP contribution in [0.2, 0.25) is 0 Å². The number of nitrogens with one attached hydrogen (secondary N) is 2. The molecule has 0 saturated carbocycles. The number of sulfonamides is 1. The quantitative estimate of drug-likeness (QED) is 0.358. The van der Waals surface area contributed by atoms with Crippen LogP contribution >= 0.6 is 0 Å². The minimum absolute atomic E-state index is 0.0528. The number of benzene rings is 2. The Hall–Kier alpha value is -4.25. The molecule has 4 aromatic rings. The highest BCUT2D eigenvalue weighted by atomic mass is 32.2. The van der Waals surface area contributed by atoms with Gasteiger partial charge >= 0.3 is 0 Å². The van der Waals surface area contributed by atoms with Gasteiger partial charge in [0.15, 0.2) is 0 Å². The summed E-state index contributed by atoms with van der Waals surface area (Å²) in [4.78, 5) is 24.0. The van der Waals surface area contributed by atoms with Crippen LogP contribution in [0.4, 0.5) is 17.4 Å². The van der Waals surface area contributed by atoms with Crippen LogP contribution in [0, 0.1) is 19.8 Å². The normalized spacial score (nSPS) is 14.3. The molecule has 0 unspecified atom stereocenters. The Morgan fingerprint density at radius 2 is 1.71 bits per heavy atom. The predicted octanol–water partition coefficient (Wildman–Crippen LogP) is 4.40. The number of piperidine rings is 1. The summed E-state index contributed by atoms with van der Waals surface area (Å²) < 4.78 is 32.8. The summed E-state index contributed by atoms with van der Waals surface area (Å²) in [5.41, 5.74) is 3.66. The van der Waals surface area contributed by atoms with E-state index in [0.29, 0.717) is 42.9 Å². The van der Waals surface area contributed by atoms with Crippen LogP contribution in [0.15, 0.2) is 76.4 Å². The third kappa shape index (κ3) is 5.52. The molecule has 38 heavy (non-hydrogen) atoms. The number of hydrogen-bond donors (Lipinski definition) is 2. The van der Waals surface area contributed by atoms with Gasteiger partial charge in [0.1, 0.15) is 12.1 Å². The minimum Gasteiger partial charge on any atom is -0.356 e. The summed E-state index contributed by atoms with van der Waals surface area (Å²) in [6.45, 7) is 4.86. The van der Waals surface area contributed by atoms with Crippen LogP contribution in [0.5, 0.6) is 0 Å². The molecule has 0 radical (unpaired) electrons. The van der Waals surface area contributed by atoms with E-state index in [-0.39, 0.29) is 22.6 Å². The smallest absolute Gasteiger partial charge is 0.264 e. The monoisotopic (exact) mass is 532 g/mol.